The number of ether oxygens (including phenoxy) is 1. The predicted molar refractivity (Wildman–Crippen MR) is 86.6 cm³/mol. The largest absolute Gasteiger partial charge is 0.494 e. The predicted octanol–water partition coefficient (Wildman–Crippen LogP) is 2.92. The molecule has 0 bridgehead atoms. The molecule has 118 valence electrons. The van der Waals surface area contributed by atoms with Crippen molar-refractivity contribution in [3.63, 3.8) is 0 Å². The molecule has 0 saturated carbocycles. The summed E-state index contributed by atoms with van der Waals surface area (Å²) in [4.78, 5) is 14.1. The highest BCUT2D eigenvalue weighted by atomic mass is 16.5. The maximum Gasteiger partial charge on any atom is 0.253 e. The average Bonchev–Trinajstić information content (AvgIpc) is 2.47. The quantitative estimate of drug-likeness (QED) is 0.750. The molecule has 0 saturated heterocycles. The zero-order valence-corrected chi connectivity index (χ0v) is 13.7. The summed E-state index contributed by atoms with van der Waals surface area (Å²) in [5, 5.41) is 0. The van der Waals surface area contributed by atoms with Crippen molar-refractivity contribution in [3.8, 4) is 5.75 Å². The number of nitrogens with two attached hydrogens (primary N) is 1. The van der Waals surface area contributed by atoms with Gasteiger partial charge in [0.05, 0.1) is 6.61 Å². The number of carbonyl (C=O) groups is 1. The summed E-state index contributed by atoms with van der Waals surface area (Å²) in [6, 6.07) is 7.33. The number of hydrogen-bond donors (Lipinski definition) is 1. The molecule has 21 heavy (non-hydrogen) atoms. The fourth-order valence-electron chi connectivity index (χ4n) is 2.03. The highest BCUT2D eigenvalue weighted by Gasteiger charge is 2.21. The van der Waals surface area contributed by atoms with Gasteiger partial charge in [0.25, 0.3) is 5.91 Å². The van der Waals surface area contributed by atoms with Crippen LogP contribution in [0.1, 0.15) is 44.0 Å². The summed E-state index contributed by atoms with van der Waals surface area (Å²) in [5.74, 6) is 0.821. The van der Waals surface area contributed by atoms with E-state index in [9.17, 15) is 4.79 Å². The lowest BCUT2D eigenvalue weighted by molar-refractivity contribution is 0.0740. The minimum Gasteiger partial charge on any atom is -0.494 e. The molecule has 1 rings (SSSR count). The number of hydrogen-bond acceptors (Lipinski definition) is 3. The van der Waals surface area contributed by atoms with Gasteiger partial charge in [0, 0.05) is 19.2 Å². The fourth-order valence-corrected chi connectivity index (χ4v) is 2.03. The van der Waals surface area contributed by atoms with Crippen molar-refractivity contribution in [2.75, 3.05) is 26.7 Å². The molecule has 1 aromatic carbocycles. The Morgan fingerprint density at radius 3 is 2.43 bits per heavy atom. The molecule has 0 aromatic heterocycles. The van der Waals surface area contributed by atoms with Crippen molar-refractivity contribution in [1.82, 2.24) is 4.90 Å². The van der Waals surface area contributed by atoms with Gasteiger partial charge in [0.15, 0.2) is 0 Å². The molecule has 4 nitrogen and oxygen atoms in total. The number of amides is 1. The summed E-state index contributed by atoms with van der Waals surface area (Å²) in [6.07, 6.45) is 2.15. The molecule has 0 atom stereocenters. The first-order valence-corrected chi connectivity index (χ1v) is 7.58. The third-order valence-electron chi connectivity index (χ3n) is 3.43. The molecular weight excluding hydrogens is 264 g/mol. The van der Waals surface area contributed by atoms with Gasteiger partial charge in [-0.3, -0.25) is 4.79 Å². The molecule has 0 fully saturated rings. The van der Waals surface area contributed by atoms with E-state index in [1.54, 1.807) is 4.90 Å². The van der Waals surface area contributed by atoms with E-state index >= 15 is 0 Å². The highest BCUT2D eigenvalue weighted by Crippen LogP contribution is 2.17. The van der Waals surface area contributed by atoms with Gasteiger partial charge in [-0.05, 0) is 42.6 Å². The van der Waals surface area contributed by atoms with Crippen LogP contribution in [-0.2, 0) is 0 Å². The van der Waals surface area contributed by atoms with Gasteiger partial charge in [0.1, 0.15) is 5.75 Å². The van der Waals surface area contributed by atoms with Crippen LogP contribution < -0.4 is 10.5 Å². The van der Waals surface area contributed by atoms with E-state index in [1.807, 2.05) is 31.3 Å². The minimum atomic E-state index is -0.0758. The van der Waals surface area contributed by atoms with Crippen molar-refractivity contribution in [2.24, 2.45) is 11.1 Å². The van der Waals surface area contributed by atoms with Crippen molar-refractivity contribution in [2.45, 2.75) is 33.6 Å². The van der Waals surface area contributed by atoms with Crippen LogP contribution in [0.15, 0.2) is 24.3 Å². The van der Waals surface area contributed by atoms with E-state index in [1.165, 1.54) is 0 Å². The van der Waals surface area contributed by atoms with E-state index in [-0.39, 0.29) is 11.3 Å². The molecule has 0 unspecified atom stereocenters. The first kappa shape index (κ1) is 17.5. The summed E-state index contributed by atoms with van der Waals surface area (Å²) in [7, 11) is 1.81. The lowest BCUT2D eigenvalue weighted by Crippen LogP contribution is -2.39. The summed E-state index contributed by atoms with van der Waals surface area (Å²) < 4.78 is 5.60. The molecular formula is C17H28N2O2. The van der Waals surface area contributed by atoms with E-state index in [4.69, 9.17) is 10.5 Å². The van der Waals surface area contributed by atoms with E-state index in [0.717, 1.165) is 18.6 Å². The standard InChI is InChI=1S/C17H28N2O2/c1-5-6-11-21-15-9-7-14(8-10-15)16(20)19(4)13-17(2,3)12-18/h7-10H,5-6,11-13,18H2,1-4H3. The zero-order valence-electron chi connectivity index (χ0n) is 13.7. The van der Waals surface area contributed by atoms with Crippen LogP contribution in [0.5, 0.6) is 5.75 Å². The van der Waals surface area contributed by atoms with Gasteiger partial charge in [0.2, 0.25) is 0 Å². The number of unbranched alkanes of at least 4 members (excludes halogenated alkanes) is 1. The number of rotatable bonds is 8. The summed E-state index contributed by atoms with van der Waals surface area (Å²) >= 11 is 0. The maximum absolute atomic E-state index is 12.4. The van der Waals surface area contributed by atoms with E-state index < -0.39 is 0 Å². The Hall–Kier alpha value is -1.55. The van der Waals surface area contributed by atoms with Gasteiger partial charge < -0.3 is 15.4 Å². The second kappa shape index (κ2) is 8.03. The van der Waals surface area contributed by atoms with Crippen LogP contribution in [0.2, 0.25) is 0 Å². The number of carbonyl (C=O) groups excluding carboxylic acids is 1. The molecule has 0 aliphatic heterocycles. The molecule has 0 heterocycles. The Morgan fingerprint density at radius 2 is 1.90 bits per heavy atom. The van der Waals surface area contributed by atoms with Crippen LogP contribution in [-0.4, -0.2) is 37.6 Å². The lowest BCUT2D eigenvalue weighted by Gasteiger charge is -2.29. The topological polar surface area (TPSA) is 55.6 Å². The second-order valence-electron chi connectivity index (χ2n) is 6.26. The SMILES string of the molecule is CCCCOc1ccc(C(=O)N(C)CC(C)(C)CN)cc1. The fraction of sp³-hybridized carbons (Fsp3) is 0.588. The smallest absolute Gasteiger partial charge is 0.253 e. The van der Waals surface area contributed by atoms with Crippen LogP contribution in [0, 0.1) is 5.41 Å². The molecule has 0 aliphatic rings. The van der Waals surface area contributed by atoms with Gasteiger partial charge in [-0.15, -0.1) is 0 Å². The third-order valence-corrected chi connectivity index (χ3v) is 3.43. The van der Waals surface area contributed by atoms with E-state index in [2.05, 4.69) is 20.8 Å². The van der Waals surface area contributed by atoms with Gasteiger partial charge in [-0.2, -0.15) is 0 Å². The Balaban J connectivity index is 2.62. The molecule has 0 aliphatic carbocycles. The Kier molecular flexibility index (Phi) is 6.69. The first-order valence-electron chi connectivity index (χ1n) is 7.58. The molecule has 2 N–H and O–H groups in total. The van der Waals surface area contributed by atoms with Gasteiger partial charge in [-0.25, -0.2) is 0 Å². The summed E-state index contributed by atoms with van der Waals surface area (Å²) in [6.45, 7) is 8.15. The Bertz CT molecular complexity index is 441. The molecule has 1 aromatic rings. The second-order valence-corrected chi connectivity index (χ2v) is 6.26. The molecule has 4 heteroatoms. The highest BCUT2D eigenvalue weighted by molar-refractivity contribution is 5.94. The molecule has 1 amide bonds. The maximum atomic E-state index is 12.4. The Morgan fingerprint density at radius 1 is 1.29 bits per heavy atom. The molecule has 0 radical (unpaired) electrons. The minimum absolute atomic E-state index is 0.0108. The van der Waals surface area contributed by atoms with Crippen LogP contribution in [0.4, 0.5) is 0 Å². The lowest BCUT2D eigenvalue weighted by atomic mass is 9.93. The third kappa shape index (κ3) is 5.76. The summed E-state index contributed by atoms with van der Waals surface area (Å²) in [5.41, 5.74) is 6.32. The van der Waals surface area contributed by atoms with Gasteiger partial charge in [-0.1, -0.05) is 27.2 Å². The normalized spacial score (nSPS) is 11.3. The number of nitrogens with zero attached hydrogens (tertiary/aromatic N) is 1. The van der Waals surface area contributed by atoms with Crippen molar-refractivity contribution < 1.29 is 9.53 Å². The molecule has 0 spiro atoms. The van der Waals surface area contributed by atoms with Crippen molar-refractivity contribution in [1.29, 1.82) is 0 Å². The van der Waals surface area contributed by atoms with Crippen LogP contribution >= 0.6 is 0 Å². The first-order chi connectivity index (χ1) is 9.89. The zero-order chi connectivity index (χ0) is 15.9. The Labute approximate surface area is 128 Å². The van der Waals surface area contributed by atoms with Crippen molar-refractivity contribution >= 4 is 5.91 Å². The van der Waals surface area contributed by atoms with E-state index in [0.29, 0.717) is 25.3 Å². The average molecular weight is 292 g/mol. The van der Waals surface area contributed by atoms with Crippen molar-refractivity contribution in [3.05, 3.63) is 29.8 Å². The van der Waals surface area contributed by atoms with Crippen LogP contribution in [0.3, 0.4) is 0 Å². The number of benzene rings is 1. The van der Waals surface area contributed by atoms with Gasteiger partial charge >= 0.3 is 0 Å². The monoisotopic (exact) mass is 292 g/mol. The van der Waals surface area contributed by atoms with Crippen LogP contribution in [0.25, 0.3) is 0 Å².